The number of rotatable bonds is 8. The number of hydrogen-bond donors (Lipinski definition) is 1. The van der Waals surface area contributed by atoms with Crippen LogP contribution >= 0.6 is 0 Å². The van der Waals surface area contributed by atoms with Crippen molar-refractivity contribution >= 4 is 0 Å². The second kappa shape index (κ2) is 8.18. The third-order valence-corrected chi connectivity index (χ3v) is 3.68. The van der Waals surface area contributed by atoms with Crippen molar-refractivity contribution in [1.82, 2.24) is 5.32 Å². The van der Waals surface area contributed by atoms with Gasteiger partial charge in [-0.2, -0.15) is 0 Å². The number of methoxy groups -OCH3 is 1. The normalized spacial score (nSPS) is 15.8. The van der Waals surface area contributed by atoms with Gasteiger partial charge in [0.25, 0.3) is 0 Å². The summed E-state index contributed by atoms with van der Waals surface area (Å²) in [4.78, 5) is 0. The van der Waals surface area contributed by atoms with Gasteiger partial charge in [-0.05, 0) is 37.0 Å². The third-order valence-electron chi connectivity index (χ3n) is 3.68. The van der Waals surface area contributed by atoms with Gasteiger partial charge in [-0.3, -0.25) is 0 Å². The molecule has 0 heterocycles. The first kappa shape index (κ1) is 14.4. The highest BCUT2D eigenvalue weighted by atomic mass is 16.5. The summed E-state index contributed by atoms with van der Waals surface area (Å²) in [5.41, 5.74) is 1.29. The predicted molar refractivity (Wildman–Crippen MR) is 77.8 cm³/mol. The topological polar surface area (TPSA) is 30.5 Å². The fourth-order valence-corrected chi connectivity index (χ4v) is 2.53. The number of nitrogens with one attached hydrogen (secondary N) is 1. The maximum absolute atomic E-state index is 5.73. The van der Waals surface area contributed by atoms with E-state index < -0.39 is 0 Å². The Morgan fingerprint density at radius 3 is 2.53 bits per heavy atom. The molecule has 1 aromatic rings. The Morgan fingerprint density at radius 2 is 1.84 bits per heavy atom. The lowest BCUT2D eigenvalue weighted by Crippen LogP contribution is -2.30. The van der Waals surface area contributed by atoms with Crippen LogP contribution < -0.4 is 10.1 Å². The zero-order valence-electron chi connectivity index (χ0n) is 11.9. The van der Waals surface area contributed by atoms with Crippen LogP contribution in [0.15, 0.2) is 24.3 Å². The van der Waals surface area contributed by atoms with Crippen molar-refractivity contribution in [2.75, 3.05) is 26.9 Å². The van der Waals surface area contributed by atoms with Crippen molar-refractivity contribution in [3.05, 3.63) is 29.8 Å². The van der Waals surface area contributed by atoms with Gasteiger partial charge in [0.05, 0.1) is 6.61 Å². The van der Waals surface area contributed by atoms with Gasteiger partial charge in [-0.1, -0.05) is 25.0 Å². The molecule has 0 saturated heterocycles. The van der Waals surface area contributed by atoms with Crippen LogP contribution in [0.1, 0.15) is 31.2 Å². The summed E-state index contributed by atoms with van der Waals surface area (Å²) in [6.07, 6.45) is 6.37. The zero-order chi connectivity index (χ0) is 13.3. The molecular weight excluding hydrogens is 238 g/mol. The molecule has 0 atom stereocenters. The van der Waals surface area contributed by atoms with E-state index in [1.165, 1.54) is 31.2 Å². The standard InChI is InChI=1S/C16H25NO2/c1-18-12-10-14-6-8-16(9-7-14)19-13-11-17-15-4-2-3-5-15/h6-9,15,17H,2-5,10-13H2,1H3. The summed E-state index contributed by atoms with van der Waals surface area (Å²) in [7, 11) is 1.73. The Bertz CT molecular complexity index is 344. The Morgan fingerprint density at radius 1 is 1.11 bits per heavy atom. The summed E-state index contributed by atoms with van der Waals surface area (Å²) in [5.74, 6) is 0.953. The first-order valence-electron chi connectivity index (χ1n) is 7.32. The quantitative estimate of drug-likeness (QED) is 0.732. The van der Waals surface area contributed by atoms with Crippen LogP contribution in [0.4, 0.5) is 0 Å². The van der Waals surface area contributed by atoms with E-state index in [0.717, 1.165) is 38.0 Å². The number of ether oxygens (including phenoxy) is 2. The summed E-state index contributed by atoms with van der Waals surface area (Å²) < 4.78 is 10.8. The summed E-state index contributed by atoms with van der Waals surface area (Å²) in [5, 5.41) is 3.55. The second-order valence-electron chi connectivity index (χ2n) is 5.17. The average Bonchev–Trinajstić information content (AvgIpc) is 2.96. The van der Waals surface area contributed by atoms with Crippen LogP contribution in [-0.4, -0.2) is 32.9 Å². The van der Waals surface area contributed by atoms with Gasteiger partial charge in [0.2, 0.25) is 0 Å². The molecule has 2 rings (SSSR count). The van der Waals surface area contributed by atoms with Crippen LogP contribution in [-0.2, 0) is 11.2 Å². The zero-order valence-corrected chi connectivity index (χ0v) is 11.9. The molecule has 0 spiro atoms. The predicted octanol–water partition coefficient (Wildman–Crippen LogP) is 2.79. The fraction of sp³-hybridized carbons (Fsp3) is 0.625. The maximum Gasteiger partial charge on any atom is 0.119 e. The molecule has 1 aromatic carbocycles. The number of benzene rings is 1. The number of hydrogen-bond acceptors (Lipinski definition) is 3. The molecular formula is C16H25NO2. The van der Waals surface area contributed by atoms with Gasteiger partial charge in [0.1, 0.15) is 12.4 Å². The lowest BCUT2D eigenvalue weighted by molar-refractivity contribution is 0.202. The summed E-state index contributed by atoms with van der Waals surface area (Å²) in [6, 6.07) is 9.03. The van der Waals surface area contributed by atoms with Crippen LogP contribution in [0, 0.1) is 0 Å². The van der Waals surface area contributed by atoms with Gasteiger partial charge in [0.15, 0.2) is 0 Å². The molecule has 1 saturated carbocycles. The molecule has 0 aliphatic heterocycles. The molecule has 1 aliphatic carbocycles. The van der Waals surface area contributed by atoms with E-state index in [1.807, 2.05) is 12.1 Å². The molecule has 3 nitrogen and oxygen atoms in total. The highest BCUT2D eigenvalue weighted by Crippen LogP contribution is 2.17. The third kappa shape index (κ3) is 5.21. The molecule has 0 radical (unpaired) electrons. The monoisotopic (exact) mass is 263 g/mol. The van der Waals surface area contributed by atoms with Crippen molar-refractivity contribution in [3.63, 3.8) is 0 Å². The van der Waals surface area contributed by atoms with Crippen LogP contribution in [0.25, 0.3) is 0 Å². The highest BCUT2D eigenvalue weighted by molar-refractivity contribution is 5.27. The van der Waals surface area contributed by atoms with Crippen molar-refractivity contribution in [2.45, 2.75) is 38.1 Å². The lowest BCUT2D eigenvalue weighted by Gasteiger charge is -2.12. The minimum absolute atomic E-state index is 0.722. The summed E-state index contributed by atoms with van der Waals surface area (Å²) in [6.45, 7) is 2.45. The molecule has 1 N–H and O–H groups in total. The molecule has 0 unspecified atom stereocenters. The van der Waals surface area contributed by atoms with Gasteiger partial charge in [-0.15, -0.1) is 0 Å². The molecule has 1 fully saturated rings. The molecule has 0 bridgehead atoms. The first-order valence-corrected chi connectivity index (χ1v) is 7.32. The fourth-order valence-electron chi connectivity index (χ4n) is 2.53. The molecule has 1 aliphatic rings. The Balaban J connectivity index is 1.62. The molecule has 3 heteroatoms. The van der Waals surface area contributed by atoms with Crippen molar-refractivity contribution in [2.24, 2.45) is 0 Å². The van der Waals surface area contributed by atoms with Crippen LogP contribution in [0.3, 0.4) is 0 Å². The lowest BCUT2D eigenvalue weighted by atomic mass is 10.1. The minimum Gasteiger partial charge on any atom is -0.492 e. The largest absolute Gasteiger partial charge is 0.492 e. The van der Waals surface area contributed by atoms with E-state index in [-0.39, 0.29) is 0 Å². The SMILES string of the molecule is COCCc1ccc(OCCNC2CCCC2)cc1. The van der Waals surface area contributed by atoms with Crippen molar-refractivity contribution < 1.29 is 9.47 Å². The second-order valence-corrected chi connectivity index (χ2v) is 5.17. The van der Waals surface area contributed by atoms with E-state index >= 15 is 0 Å². The van der Waals surface area contributed by atoms with E-state index in [4.69, 9.17) is 9.47 Å². The Labute approximate surface area is 116 Å². The van der Waals surface area contributed by atoms with E-state index in [1.54, 1.807) is 7.11 Å². The molecule has 0 aromatic heterocycles. The Kier molecular flexibility index (Phi) is 6.18. The average molecular weight is 263 g/mol. The van der Waals surface area contributed by atoms with Crippen molar-refractivity contribution in [1.29, 1.82) is 0 Å². The van der Waals surface area contributed by atoms with Gasteiger partial charge in [0, 0.05) is 19.7 Å². The maximum atomic E-state index is 5.73. The van der Waals surface area contributed by atoms with Gasteiger partial charge < -0.3 is 14.8 Å². The van der Waals surface area contributed by atoms with Gasteiger partial charge >= 0.3 is 0 Å². The van der Waals surface area contributed by atoms with E-state index in [9.17, 15) is 0 Å². The van der Waals surface area contributed by atoms with Gasteiger partial charge in [-0.25, -0.2) is 0 Å². The smallest absolute Gasteiger partial charge is 0.119 e. The first-order chi connectivity index (χ1) is 9.38. The molecule has 0 amide bonds. The molecule has 106 valence electrons. The minimum atomic E-state index is 0.722. The van der Waals surface area contributed by atoms with Crippen LogP contribution in [0.2, 0.25) is 0 Å². The van der Waals surface area contributed by atoms with Crippen LogP contribution in [0.5, 0.6) is 5.75 Å². The summed E-state index contributed by atoms with van der Waals surface area (Å²) >= 11 is 0. The highest BCUT2D eigenvalue weighted by Gasteiger charge is 2.13. The van der Waals surface area contributed by atoms with Crippen molar-refractivity contribution in [3.8, 4) is 5.75 Å². The molecule has 19 heavy (non-hydrogen) atoms. The van der Waals surface area contributed by atoms with E-state index in [2.05, 4.69) is 17.4 Å². The van der Waals surface area contributed by atoms with E-state index in [0.29, 0.717) is 0 Å². The Hall–Kier alpha value is -1.06.